The molecule has 7 nitrogen and oxygen atoms in total. The van der Waals surface area contributed by atoms with Crippen LogP contribution >= 0.6 is 0 Å². The van der Waals surface area contributed by atoms with E-state index >= 15 is 0 Å². The van der Waals surface area contributed by atoms with Crippen molar-refractivity contribution in [1.29, 1.82) is 0 Å². The second-order valence-electron chi connectivity index (χ2n) is 12.8. The van der Waals surface area contributed by atoms with Crippen molar-refractivity contribution in [3.63, 3.8) is 0 Å². The summed E-state index contributed by atoms with van der Waals surface area (Å²) in [6.45, 7) is 20.7. The fraction of sp³-hybridized carbons (Fsp3) is 0.444. The molecule has 0 bridgehead atoms. The molecule has 0 saturated carbocycles. The fourth-order valence-electron chi connectivity index (χ4n) is 5.13. The molecule has 0 fully saturated rings. The van der Waals surface area contributed by atoms with E-state index in [-0.39, 0.29) is 42.6 Å². The molecule has 9 heteroatoms. The second kappa shape index (κ2) is 16.1. The number of methoxy groups -OCH3 is 2. The van der Waals surface area contributed by atoms with Crippen LogP contribution in [-0.4, -0.2) is 49.0 Å². The van der Waals surface area contributed by atoms with Crippen LogP contribution in [0.25, 0.3) is 6.08 Å². The summed E-state index contributed by atoms with van der Waals surface area (Å²) in [7, 11) is 1.09. The molecule has 0 aliphatic heterocycles. The van der Waals surface area contributed by atoms with Crippen LogP contribution in [0.4, 0.5) is 5.69 Å². The quantitative estimate of drug-likeness (QED) is 0.0647. The van der Waals surface area contributed by atoms with Gasteiger partial charge in [0.2, 0.25) is 0 Å². The summed E-state index contributed by atoms with van der Waals surface area (Å²) in [5.41, 5.74) is 5.07. The first-order chi connectivity index (χ1) is 21.3. The number of nitro groups is 1. The number of hydrogen-bond acceptors (Lipinski definition) is 6. The molecule has 3 aromatic rings. The standard InChI is InChI=1S/C36H49NO6SeSi/c1-11-28-32(35(41-8)29(26(3)34(28)40-7)21-22-42-23-27-17-13-12-14-18-27)33(43-45(9,10)36(4,5)6)25(2)24-44-31-20-16-15-19-30(31)37(38)39/h11-20,25,33H,1,21-24H2,2-10H3/t25-,33-/m0/s1. The molecule has 0 aliphatic carbocycles. The number of para-hydroxylation sites is 1. The number of nitro benzene ring substituents is 1. The Balaban J connectivity index is 2.11. The molecule has 45 heavy (non-hydrogen) atoms. The van der Waals surface area contributed by atoms with E-state index in [4.69, 9.17) is 18.6 Å². The van der Waals surface area contributed by atoms with Crippen LogP contribution in [0.5, 0.6) is 11.5 Å². The molecular weight excluding hydrogens is 649 g/mol. The average Bonchev–Trinajstić information content (AvgIpc) is 3.00. The van der Waals surface area contributed by atoms with Crippen LogP contribution < -0.4 is 13.9 Å². The predicted molar refractivity (Wildman–Crippen MR) is 188 cm³/mol. The molecular formula is C36H49NO6SeSi. The maximum atomic E-state index is 11.8. The summed E-state index contributed by atoms with van der Waals surface area (Å²) < 4.78 is 26.5. The van der Waals surface area contributed by atoms with Crippen molar-refractivity contribution >= 4 is 39.5 Å². The third-order valence-corrected chi connectivity index (χ3v) is 15.9. The van der Waals surface area contributed by atoms with Crippen LogP contribution in [0.1, 0.15) is 61.6 Å². The minimum absolute atomic E-state index is 0.0149. The van der Waals surface area contributed by atoms with Crippen molar-refractivity contribution in [2.24, 2.45) is 5.92 Å². The van der Waals surface area contributed by atoms with E-state index in [2.05, 4.69) is 66.4 Å². The van der Waals surface area contributed by atoms with Crippen molar-refractivity contribution in [2.45, 2.75) is 77.2 Å². The van der Waals surface area contributed by atoms with E-state index in [0.717, 1.165) is 49.1 Å². The van der Waals surface area contributed by atoms with Gasteiger partial charge >= 0.3 is 259 Å². The Morgan fingerprint density at radius 2 is 1.64 bits per heavy atom. The van der Waals surface area contributed by atoms with Gasteiger partial charge in [0.1, 0.15) is 0 Å². The number of benzene rings is 3. The number of hydrogen-bond donors (Lipinski definition) is 0. The van der Waals surface area contributed by atoms with Crippen molar-refractivity contribution < 1.29 is 23.6 Å². The van der Waals surface area contributed by atoms with E-state index < -0.39 is 8.32 Å². The first-order valence-corrected chi connectivity index (χ1v) is 20.3. The van der Waals surface area contributed by atoms with E-state index in [1.165, 1.54) is 0 Å². The SMILES string of the molecule is C=Cc1c(OC)c(C)c(CCOCc2ccccc2)c(OC)c1[C@@H](O[Si](C)(C)C(C)(C)C)[C@@H](C)C[Se]c1ccccc1[N+](=O)[O-]. The summed E-state index contributed by atoms with van der Waals surface area (Å²) in [5, 5.41) is 12.5. The van der Waals surface area contributed by atoms with Gasteiger partial charge in [0, 0.05) is 0 Å². The Hall–Kier alpha value is -2.94. The van der Waals surface area contributed by atoms with Gasteiger partial charge in [-0.1, -0.05) is 18.2 Å². The zero-order chi connectivity index (χ0) is 33.4. The van der Waals surface area contributed by atoms with Crippen molar-refractivity contribution in [1.82, 2.24) is 0 Å². The average molecular weight is 699 g/mol. The molecule has 0 aromatic heterocycles. The number of ether oxygens (including phenoxy) is 3. The van der Waals surface area contributed by atoms with Gasteiger partial charge in [-0.25, -0.2) is 0 Å². The van der Waals surface area contributed by atoms with Crippen molar-refractivity contribution in [2.75, 3.05) is 20.8 Å². The first kappa shape index (κ1) is 36.5. The zero-order valence-corrected chi connectivity index (χ0v) is 31.0. The van der Waals surface area contributed by atoms with Gasteiger partial charge in [0.25, 0.3) is 0 Å². The molecule has 244 valence electrons. The number of nitrogens with zero attached hydrogens (tertiary/aromatic N) is 1. The second-order valence-corrected chi connectivity index (χ2v) is 19.8. The zero-order valence-electron chi connectivity index (χ0n) is 28.3. The van der Waals surface area contributed by atoms with Crippen LogP contribution in [0, 0.1) is 23.0 Å². The molecule has 0 heterocycles. The summed E-state index contributed by atoms with van der Waals surface area (Å²) in [6, 6.07) is 17.2. The third kappa shape index (κ3) is 8.86. The molecule has 0 amide bonds. The van der Waals surface area contributed by atoms with Gasteiger partial charge in [0.15, 0.2) is 0 Å². The molecule has 2 atom stereocenters. The van der Waals surface area contributed by atoms with Crippen LogP contribution in [0.15, 0.2) is 61.2 Å². The van der Waals surface area contributed by atoms with E-state index in [0.29, 0.717) is 19.6 Å². The summed E-state index contributed by atoms with van der Waals surface area (Å²) in [6.07, 6.45) is 2.11. The van der Waals surface area contributed by atoms with Crippen LogP contribution in [0.3, 0.4) is 0 Å². The van der Waals surface area contributed by atoms with Gasteiger partial charge in [-0.2, -0.15) is 0 Å². The van der Waals surface area contributed by atoms with Crippen LogP contribution in [-0.2, 0) is 22.2 Å². The molecule has 0 saturated heterocycles. The molecule has 0 radical (unpaired) electrons. The fourth-order valence-corrected chi connectivity index (χ4v) is 8.74. The topological polar surface area (TPSA) is 80.1 Å². The van der Waals surface area contributed by atoms with E-state index in [1.807, 2.05) is 36.4 Å². The number of rotatable bonds is 16. The molecule has 0 N–H and O–H groups in total. The molecule has 0 unspecified atom stereocenters. The van der Waals surface area contributed by atoms with Crippen LogP contribution in [0.2, 0.25) is 23.5 Å². The Labute approximate surface area is 276 Å². The monoisotopic (exact) mass is 699 g/mol. The van der Waals surface area contributed by atoms with E-state index in [9.17, 15) is 10.1 Å². The van der Waals surface area contributed by atoms with Crippen molar-refractivity contribution in [3.8, 4) is 11.5 Å². The Bertz CT molecular complexity index is 1450. The molecule has 0 aliphatic rings. The predicted octanol–water partition coefficient (Wildman–Crippen LogP) is 8.47. The minimum atomic E-state index is -2.31. The van der Waals surface area contributed by atoms with Gasteiger partial charge < -0.3 is 0 Å². The summed E-state index contributed by atoms with van der Waals surface area (Å²) in [4.78, 5) is 11.5. The van der Waals surface area contributed by atoms with Gasteiger partial charge in [0.05, 0.1) is 0 Å². The summed E-state index contributed by atoms with van der Waals surface area (Å²) in [5.74, 6) is 1.53. The normalized spacial score (nSPS) is 13.3. The third-order valence-electron chi connectivity index (χ3n) is 8.66. The Morgan fingerprint density at radius 1 is 1.02 bits per heavy atom. The Morgan fingerprint density at radius 3 is 2.22 bits per heavy atom. The van der Waals surface area contributed by atoms with Gasteiger partial charge in [-0.15, -0.1) is 0 Å². The molecule has 3 rings (SSSR count). The Kier molecular flexibility index (Phi) is 13.0. The molecule has 3 aromatic carbocycles. The first-order valence-electron chi connectivity index (χ1n) is 15.3. The molecule has 0 spiro atoms. The van der Waals surface area contributed by atoms with Crippen molar-refractivity contribution in [3.05, 3.63) is 99.1 Å². The van der Waals surface area contributed by atoms with Gasteiger partial charge in [-0.05, 0) is 0 Å². The maximum absolute atomic E-state index is 11.8. The summed E-state index contributed by atoms with van der Waals surface area (Å²) >= 11 is -0.150. The van der Waals surface area contributed by atoms with Gasteiger partial charge in [-0.3, -0.25) is 0 Å². The van der Waals surface area contributed by atoms with E-state index in [1.54, 1.807) is 26.4 Å².